The molecule has 1 aromatic rings. The lowest BCUT2D eigenvalue weighted by Gasteiger charge is -2.46. The lowest BCUT2D eigenvalue weighted by atomic mass is 9.60. The zero-order valence-corrected chi connectivity index (χ0v) is 21.8. The Balaban J connectivity index is 1.61. The molecular formula is C29H49N3. The zero-order valence-electron chi connectivity index (χ0n) is 21.8. The number of unbranched alkanes of at least 4 members (excludes halogenated alkanes) is 1. The molecule has 0 atom stereocenters. The molecule has 3 heteroatoms. The van der Waals surface area contributed by atoms with Crippen molar-refractivity contribution in [2.45, 2.75) is 91.9 Å². The Bertz CT molecular complexity index is 723. The minimum Gasteiger partial charge on any atom is -0.372 e. The van der Waals surface area contributed by atoms with Crippen molar-refractivity contribution in [2.75, 3.05) is 55.6 Å². The molecule has 1 aliphatic carbocycles. The number of anilines is 2. The van der Waals surface area contributed by atoms with Crippen LogP contribution in [0.4, 0.5) is 11.4 Å². The SMILES string of the molecule is CCCCN1CCN(c2ccc(N3CCCCC3)cc2C2CC(C)(C)CC(C)(C)C2)CC1. The quantitative estimate of drug-likeness (QED) is 0.476. The van der Waals surface area contributed by atoms with Crippen LogP contribution in [0.15, 0.2) is 18.2 Å². The Morgan fingerprint density at radius 3 is 2.09 bits per heavy atom. The molecule has 3 nitrogen and oxygen atoms in total. The Kier molecular flexibility index (Phi) is 7.44. The highest BCUT2D eigenvalue weighted by Gasteiger charge is 2.40. The summed E-state index contributed by atoms with van der Waals surface area (Å²) in [5.41, 5.74) is 5.51. The molecule has 0 spiro atoms. The molecule has 1 saturated carbocycles. The van der Waals surface area contributed by atoms with Crippen LogP contribution >= 0.6 is 0 Å². The Labute approximate surface area is 198 Å². The second kappa shape index (κ2) is 9.95. The van der Waals surface area contributed by atoms with Crippen LogP contribution in [0.3, 0.4) is 0 Å². The first-order valence-electron chi connectivity index (χ1n) is 13.6. The van der Waals surface area contributed by atoms with E-state index in [1.807, 2.05) is 0 Å². The molecule has 0 amide bonds. The van der Waals surface area contributed by atoms with Gasteiger partial charge in [0.15, 0.2) is 0 Å². The summed E-state index contributed by atoms with van der Waals surface area (Å²) in [6.07, 6.45) is 10.7. The van der Waals surface area contributed by atoms with Crippen molar-refractivity contribution in [3.8, 4) is 0 Å². The summed E-state index contributed by atoms with van der Waals surface area (Å²) in [5, 5.41) is 0. The van der Waals surface area contributed by atoms with Crippen LogP contribution in [0.5, 0.6) is 0 Å². The summed E-state index contributed by atoms with van der Waals surface area (Å²) in [6.45, 7) is 20.8. The molecule has 2 heterocycles. The van der Waals surface area contributed by atoms with Gasteiger partial charge >= 0.3 is 0 Å². The van der Waals surface area contributed by atoms with Crippen molar-refractivity contribution in [2.24, 2.45) is 10.8 Å². The van der Waals surface area contributed by atoms with E-state index in [9.17, 15) is 0 Å². The summed E-state index contributed by atoms with van der Waals surface area (Å²) in [4.78, 5) is 8.04. The number of piperidine rings is 1. The molecule has 0 N–H and O–H groups in total. The predicted molar refractivity (Wildman–Crippen MR) is 140 cm³/mol. The third-order valence-electron chi connectivity index (χ3n) is 8.27. The summed E-state index contributed by atoms with van der Waals surface area (Å²) in [6, 6.07) is 7.55. The van der Waals surface area contributed by atoms with E-state index in [0.29, 0.717) is 16.7 Å². The summed E-state index contributed by atoms with van der Waals surface area (Å²) in [5.74, 6) is 0.673. The van der Waals surface area contributed by atoms with E-state index in [1.54, 1.807) is 11.3 Å². The molecule has 3 fully saturated rings. The van der Waals surface area contributed by atoms with Crippen molar-refractivity contribution in [3.05, 3.63) is 23.8 Å². The van der Waals surface area contributed by atoms with E-state index in [0.717, 1.165) is 0 Å². The number of piperazine rings is 1. The van der Waals surface area contributed by atoms with Crippen LogP contribution in [0.1, 0.15) is 97.5 Å². The molecular weight excluding hydrogens is 390 g/mol. The zero-order chi connectivity index (χ0) is 22.8. The summed E-state index contributed by atoms with van der Waals surface area (Å²) < 4.78 is 0. The minimum atomic E-state index is 0.420. The van der Waals surface area contributed by atoms with Crippen LogP contribution in [-0.2, 0) is 0 Å². The highest BCUT2D eigenvalue weighted by molar-refractivity contribution is 5.64. The standard InChI is InChI=1S/C29H49N3/c1-6-7-13-30-16-18-32(19-17-30)27-12-11-25(31-14-9-8-10-15-31)20-26(27)24-21-28(2,3)23-29(4,5)22-24/h11-12,20,24H,6-10,13-19,21-23H2,1-5H3. The van der Waals surface area contributed by atoms with E-state index < -0.39 is 0 Å². The number of hydrogen-bond acceptors (Lipinski definition) is 3. The lowest BCUT2D eigenvalue weighted by molar-refractivity contribution is 0.0970. The van der Waals surface area contributed by atoms with Crippen molar-refractivity contribution >= 4 is 11.4 Å². The summed E-state index contributed by atoms with van der Waals surface area (Å²) >= 11 is 0. The van der Waals surface area contributed by atoms with Gasteiger partial charge in [-0.3, -0.25) is 4.90 Å². The van der Waals surface area contributed by atoms with Crippen LogP contribution in [-0.4, -0.2) is 50.7 Å². The molecule has 2 saturated heterocycles. The molecule has 0 unspecified atom stereocenters. The maximum Gasteiger partial charge on any atom is 0.0404 e. The molecule has 0 radical (unpaired) electrons. The molecule has 32 heavy (non-hydrogen) atoms. The van der Waals surface area contributed by atoms with Gasteiger partial charge in [-0.1, -0.05) is 41.0 Å². The van der Waals surface area contributed by atoms with Crippen LogP contribution in [0.2, 0.25) is 0 Å². The monoisotopic (exact) mass is 439 g/mol. The molecule has 1 aromatic carbocycles. The molecule has 0 aromatic heterocycles. The highest BCUT2D eigenvalue weighted by Crippen LogP contribution is 2.53. The van der Waals surface area contributed by atoms with Gasteiger partial charge in [0.25, 0.3) is 0 Å². The lowest BCUT2D eigenvalue weighted by Crippen LogP contribution is -2.47. The van der Waals surface area contributed by atoms with Crippen molar-refractivity contribution in [1.82, 2.24) is 4.90 Å². The number of nitrogens with zero attached hydrogens (tertiary/aromatic N) is 3. The largest absolute Gasteiger partial charge is 0.372 e. The first-order valence-corrected chi connectivity index (χ1v) is 13.6. The molecule has 3 aliphatic rings. The highest BCUT2D eigenvalue weighted by atomic mass is 15.3. The maximum atomic E-state index is 2.71. The first kappa shape index (κ1) is 23.9. The van der Waals surface area contributed by atoms with E-state index >= 15 is 0 Å². The number of hydrogen-bond donors (Lipinski definition) is 0. The molecule has 2 aliphatic heterocycles. The second-order valence-electron chi connectivity index (χ2n) is 12.6. The van der Waals surface area contributed by atoms with Crippen LogP contribution < -0.4 is 9.80 Å². The van der Waals surface area contributed by atoms with E-state index in [2.05, 4.69) is 67.5 Å². The van der Waals surface area contributed by atoms with Gasteiger partial charge in [0.1, 0.15) is 0 Å². The van der Waals surface area contributed by atoms with Crippen molar-refractivity contribution in [3.63, 3.8) is 0 Å². The molecule has 0 bridgehead atoms. The van der Waals surface area contributed by atoms with Gasteiger partial charge < -0.3 is 9.80 Å². The average molecular weight is 440 g/mol. The van der Waals surface area contributed by atoms with E-state index in [1.165, 1.54) is 103 Å². The Hall–Kier alpha value is -1.22. The third kappa shape index (κ3) is 5.82. The maximum absolute atomic E-state index is 2.71. The van der Waals surface area contributed by atoms with Gasteiger partial charge in [-0.2, -0.15) is 0 Å². The fourth-order valence-electron chi connectivity index (χ4n) is 7.17. The topological polar surface area (TPSA) is 9.72 Å². The molecule has 4 rings (SSSR count). The number of rotatable bonds is 6. The van der Waals surface area contributed by atoms with Crippen molar-refractivity contribution < 1.29 is 0 Å². The van der Waals surface area contributed by atoms with Gasteiger partial charge in [0.2, 0.25) is 0 Å². The smallest absolute Gasteiger partial charge is 0.0404 e. The first-order chi connectivity index (χ1) is 15.3. The van der Waals surface area contributed by atoms with Gasteiger partial charge in [0, 0.05) is 50.6 Å². The minimum absolute atomic E-state index is 0.420. The average Bonchev–Trinajstić information content (AvgIpc) is 2.76. The third-order valence-corrected chi connectivity index (χ3v) is 8.27. The fourth-order valence-corrected chi connectivity index (χ4v) is 7.17. The predicted octanol–water partition coefficient (Wildman–Crippen LogP) is 6.92. The van der Waals surface area contributed by atoms with Crippen molar-refractivity contribution in [1.29, 1.82) is 0 Å². The normalized spacial score (nSPS) is 24.7. The van der Waals surface area contributed by atoms with Crippen LogP contribution in [0, 0.1) is 10.8 Å². The molecule has 180 valence electrons. The van der Waals surface area contributed by atoms with Gasteiger partial charge in [-0.05, 0) is 92.0 Å². The fraction of sp³-hybridized carbons (Fsp3) is 0.793. The van der Waals surface area contributed by atoms with Gasteiger partial charge in [-0.25, -0.2) is 0 Å². The van der Waals surface area contributed by atoms with Crippen LogP contribution in [0.25, 0.3) is 0 Å². The van der Waals surface area contributed by atoms with Gasteiger partial charge in [-0.15, -0.1) is 0 Å². The Morgan fingerprint density at radius 2 is 1.47 bits per heavy atom. The van der Waals surface area contributed by atoms with Gasteiger partial charge in [0.05, 0.1) is 0 Å². The second-order valence-corrected chi connectivity index (χ2v) is 12.6. The Morgan fingerprint density at radius 1 is 0.812 bits per heavy atom. The number of benzene rings is 1. The van der Waals surface area contributed by atoms with E-state index in [4.69, 9.17) is 0 Å². The van der Waals surface area contributed by atoms with E-state index in [-0.39, 0.29) is 0 Å². The summed E-state index contributed by atoms with van der Waals surface area (Å²) in [7, 11) is 0.